The Morgan fingerprint density at radius 2 is 1.18 bits per heavy atom. The third kappa shape index (κ3) is 21.8. The van der Waals surface area contributed by atoms with Gasteiger partial charge in [-0.05, 0) is 13.3 Å². The summed E-state index contributed by atoms with van der Waals surface area (Å²) in [6, 6.07) is 0. The molecule has 0 radical (unpaired) electrons. The summed E-state index contributed by atoms with van der Waals surface area (Å²) in [5.41, 5.74) is 0. The topological polar surface area (TPSA) is 55.8 Å². The highest BCUT2D eigenvalue weighted by molar-refractivity contribution is 5.76. The van der Waals surface area contributed by atoms with Crippen LogP contribution >= 0.6 is 0 Å². The molecular formula is C24H48O4. The summed E-state index contributed by atoms with van der Waals surface area (Å²) in [7, 11) is 0. The number of unbranched alkanes of at least 4 members (excludes halogenated alkanes) is 15. The van der Waals surface area contributed by atoms with Crippen molar-refractivity contribution in [1.29, 1.82) is 0 Å². The summed E-state index contributed by atoms with van der Waals surface area (Å²) in [5, 5.41) is 9.17. The van der Waals surface area contributed by atoms with Crippen molar-refractivity contribution in [2.75, 3.05) is 26.4 Å². The summed E-state index contributed by atoms with van der Waals surface area (Å²) in [6.07, 6.45) is 21.4. The second-order valence-corrected chi connectivity index (χ2v) is 8.20. The van der Waals surface area contributed by atoms with Crippen LogP contribution in [0.15, 0.2) is 0 Å². The Kier molecular flexibility index (Phi) is 22.5. The Hall–Kier alpha value is -0.450. The first-order valence-electron chi connectivity index (χ1n) is 12.0. The lowest BCUT2D eigenvalue weighted by atomic mass is 10.0. The predicted octanol–water partition coefficient (Wildman–Crippen LogP) is 6.23. The zero-order valence-electron chi connectivity index (χ0n) is 18.9. The molecule has 1 atom stereocenters. The summed E-state index contributed by atoms with van der Waals surface area (Å²) in [4.78, 5) is 10.9. The first-order chi connectivity index (χ1) is 13.7. The smallest absolute Gasteiger partial charge is 0.155 e. The molecule has 168 valence electrons. The third-order valence-corrected chi connectivity index (χ3v) is 5.17. The van der Waals surface area contributed by atoms with E-state index in [0.717, 1.165) is 6.42 Å². The fraction of sp³-hybridized carbons (Fsp3) is 0.958. The average Bonchev–Trinajstić information content (AvgIpc) is 2.69. The standard InChI is InChI=1S/C24H48O4/c1-3-4-5-6-7-8-9-10-11-12-13-14-15-16-17-18-19-27-22-24(20-25)28-21-23(2)26/h24-25H,3-22H2,1-2H3. The van der Waals surface area contributed by atoms with Crippen LogP contribution in [0, 0.1) is 0 Å². The van der Waals surface area contributed by atoms with Gasteiger partial charge in [-0.15, -0.1) is 0 Å². The van der Waals surface area contributed by atoms with Gasteiger partial charge in [0, 0.05) is 6.61 Å². The van der Waals surface area contributed by atoms with Crippen molar-refractivity contribution in [2.24, 2.45) is 0 Å². The number of ether oxygens (including phenoxy) is 2. The molecule has 0 aromatic rings. The van der Waals surface area contributed by atoms with Crippen molar-refractivity contribution < 1.29 is 19.4 Å². The SMILES string of the molecule is CCCCCCCCCCCCCCCCCCOCC(CO)OCC(C)=O. The van der Waals surface area contributed by atoms with Gasteiger partial charge < -0.3 is 14.6 Å². The molecule has 4 heteroatoms. The maximum atomic E-state index is 10.9. The molecular weight excluding hydrogens is 352 g/mol. The van der Waals surface area contributed by atoms with Crippen LogP contribution in [0.3, 0.4) is 0 Å². The zero-order chi connectivity index (χ0) is 20.7. The van der Waals surface area contributed by atoms with E-state index in [-0.39, 0.29) is 25.1 Å². The number of hydrogen-bond donors (Lipinski definition) is 1. The highest BCUT2D eigenvalue weighted by Gasteiger charge is 2.08. The van der Waals surface area contributed by atoms with Gasteiger partial charge in [0.05, 0.1) is 13.2 Å². The Balaban J connectivity index is 3.16. The molecule has 28 heavy (non-hydrogen) atoms. The molecule has 1 unspecified atom stereocenters. The normalized spacial score (nSPS) is 12.4. The average molecular weight is 401 g/mol. The van der Waals surface area contributed by atoms with Gasteiger partial charge in [0.2, 0.25) is 0 Å². The summed E-state index contributed by atoms with van der Waals surface area (Å²) < 4.78 is 10.8. The molecule has 0 spiro atoms. The van der Waals surface area contributed by atoms with Gasteiger partial charge >= 0.3 is 0 Å². The molecule has 0 heterocycles. The number of aliphatic hydroxyl groups excluding tert-OH is 1. The van der Waals surface area contributed by atoms with Gasteiger partial charge in [0.25, 0.3) is 0 Å². The molecule has 4 nitrogen and oxygen atoms in total. The highest BCUT2D eigenvalue weighted by atomic mass is 16.5. The van der Waals surface area contributed by atoms with Gasteiger partial charge in [-0.25, -0.2) is 0 Å². The van der Waals surface area contributed by atoms with E-state index in [9.17, 15) is 4.79 Å². The predicted molar refractivity (Wildman–Crippen MR) is 118 cm³/mol. The molecule has 0 rings (SSSR count). The minimum absolute atomic E-state index is 0.0312. The van der Waals surface area contributed by atoms with Gasteiger partial charge in [-0.1, -0.05) is 103 Å². The van der Waals surface area contributed by atoms with Crippen LogP contribution in [0.5, 0.6) is 0 Å². The lowest BCUT2D eigenvalue weighted by molar-refractivity contribution is -0.126. The molecule has 0 aliphatic heterocycles. The number of carbonyl (C=O) groups excluding carboxylic acids is 1. The highest BCUT2D eigenvalue weighted by Crippen LogP contribution is 2.13. The fourth-order valence-corrected chi connectivity index (χ4v) is 3.36. The first kappa shape index (κ1) is 27.5. The summed E-state index contributed by atoms with van der Waals surface area (Å²) >= 11 is 0. The molecule has 0 amide bonds. The van der Waals surface area contributed by atoms with Crippen molar-refractivity contribution in [3.8, 4) is 0 Å². The van der Waals surface area contributed by atoms with Crippen LogP contribution in [0.4, 0.5) is 0 Å². The summed E-state index contributed by atoms with van der Waals surface area (Å²) in [6.45, 7) is 4.77. The minimum Gasteiger partial charge on any atom is -0.394 e. The second-order valence-electron chi connectivity index (χ2n) is 8.20. The van der Waals surface area contributed by atoms with E-state index in [1.165, 1.54) is 103 Å². The fourth-order valence-electron chi connectivity index (χ4n) is 3.36. The molecule has 1 N–H and O–H groups in total. The molecule has 0 aromatic carbocycles. The minimum atomic E-state index is -0.384. The van der Waals surface area contributed by atoms with E-state index in [4.69, 9.17) is 14.6 Å². The number of carbonyl (C=O) groups is 1. The number of rotatable bonds is 23. The molecule has 0 aliphatic carbocycles. The van der Waals surface area contributed by atoms with E-state index in [1.54, 1.807) is 0 Å². The van der Waals surface area contributed by atoms with Gasteiger partial charge in [0.1, 0.15) is 12.7 Å². The summed E-state index contributed by atoms with van der Waals surface area (Å²) in [5.74, 6) is -0.0312. The number of aliphatic hydroxyl groups is 1. The lowest BCUT2D eigenvalue weighted by Crippen LogP contribution is -2.26. The number of Topliss-reactive ketones (excluding diaryl/α,β-unsaturated/α-hetero) is 1. The maximum absolute atomic E-state index is 10.9. The monoisotopic (exact) mass is 400 g/mol. The molecule has 0 bridgehead atoms. The lowest BCUT2D eigenvalue weighted by Gasteiger charge is -2.14. The quantitative estimate of drug-likeness (QED) is 0.207. The Bertz CT molecular complexity index is 320. The number of hydrogen-bond acceptors (Lipinski definition) is 4. The molecule has 0 aromatic heterocycles. The van der Waals surface area contributed by atoms with Crippen molar-refractivity contribution in [3.63, 3.8) is 0 Å². The second kappa shape index (κ2) is 22.8. The van der Waals surface area contributed by atoms with Crippen molar-refractivity contribution in [2.45, 2.75) is 123 Å². The molecule has 0 fully saturated rings. The van der Waals surface area contributed by atoms with Crippen LogP contribution in [-0.2, 0) is 14.3 Å². The zero-order valence-corrected chi connectivity index (χ0v) is 18.9. The molecule has 0 aliphatic rings. The van der Waals surface area contributed by atoms with Gasteiger partial charge in [0.15, 0.2) is 5.78 Å². The Morgan fingerprint density at radius 1 is 0.750 bits per heavy atom. The van der Waals surface area contributed by atoms with Crippen LogP contribution < -0.4 is 0 Å². The van der Waals surface area contributed by atoms with E-state index >= 15 is 0 Å². The van der Waals surface area contributed by atoms with Crippen LogP contribution in [0.25, 0.3) is 0 Å². The van der Waals surface area contributed by atoms with Gasteiger partial charge in [-0.3, -0.25) is 4.79 Å². The van der Waals surface area contributed by atoms with Crippen molar-refractivity contribution in [1.82, 2.24) is 0 Å². The van der Waals surface area contributed by atoms with E-state index in [0.29, 0.717) is 13.2 Å². The van der Waals surface area contributed by atoms with Crippen molar-refractivity contribution >= 4 is 5.78 Å². The van der Waals surface area contributed by atoms with E-state index < -0.39 is 0 Å². The van der Waals surface area contributed by atoms with E-state index in [1.807, 2.05) is 0 Å². The number of ketones is 1. The van der Waals surface area contributed by atoms with Crippen LogP contribution in [0.1, 0.15) is 117 Å². The maximum Gasteiger partial charge on any atom is 0.155 e. The Morgan fingerprint density at radius 3 is 1.57 bits per heavy atom. The van der Waals surface area contributed by atoms with E-state index in [2.05, 4.69) is 6.92 Å². The molecule has 0 saturated heterocycles. The van der Waals surface area contributed by atoms with Crippen LogP contribution in [-0.4, -0.2) is 43.4 Å². The first-order valence-corrected chi connectivity index (χ1v) is 12.0. The molecule has 0 saturated carbocycles. The third-order valence-electron chi connectivity index (χ3n) is 5.17. The van der Waals surface area contributed by atoms with Gasteiger partial charge in [-0.2, -0.15) is 0 Å². The van der Waals surface area contributed by atoms with Crippen molar-refractivity contribution in [3.05, 3.63) is 0 Å². The Labute approximate surface area is 174 Å². The largest absolute Gasteiger partial charge is 0.394 e. The van der Waals surface area contributed by atoms with Crippen LogP contribution in [0.2, 0.25) is 0 Å².